The molecular formula is C20H22Cl2N2O3S. The van der Waals surface area contributed by atoms with Crippen LogP contribution in [0.3, 0.4) is 0 Å². The number of nitrogens with one attached hydrogen (secondary N) is 1. The summed E-state index contributed by atoms with van der Waals surface area (Å²) >= 11 is 12.0. The van der Waals surface area contributed by atoms with Crippen LogP contribution in [-0.2, 0) is 27.8 Å². The molecule has 0 atom stereocenters. The minimum Gasteiger partial charge on any atom is -0.352 e. The standard InChI is InChI=1S/C20H22Cl2N2O3S/c21-17-7-5-16(19(22)13-17)6-10-20(25)23-14-15-3-8-18(9-4-15)28(26,27)24-11-1-2-12-24/h3-5,7-9,13H,1-2,6,10-12,14H2,(H,23,25). The van der Waals surface area contributed by atoms with Gasteiger partial charge in [0.2, 0.25) is 15.9 Å². The quantitative estimate of drug-likeness (QED) is 0.706. The predicted molar refractivity (Wildman–Crippen MR) is 111 cm³/mol. The molecule has 0 spiro atoms. The second-order valence-corrected chi connectivity index (χ2v) is 9.55. The van der Waals surface area contributed by atoms with Crippen LogP contribution < -0.4 is 5.32 Å². The second-order valence-electron chi connectivity index (χ2n) is 6.77. The first-order valence-corrected chi connectivity index (χ1v) is 11.4. The lowest BCUT2D eigenvalue weighted by molar-refractivity contribution is -0.121. The normalized spacial score (nSPS) is 14.9. The molecule has 1 fully saturated rings. The van der Waals surface area contributed by atoms with Crippen LogP contribution in [0.15, 0.2) is 47.4 Å². The van der Waals surface area contributed by atoms with Crippen LogP contribution in [0.1, 0.15) is 30.4 Å². The molecule has 1 heterocycles. The van der Waals surface area contributed by atoms with Crippen LogP contribution in [0.4, 0.5) is 0 Å². The molecule has 0 aromatic heterocycles. The minimum absolute atomic E-state index is 0.0974. The Balaban J connectivity index is 1.51. The van der Waals surface area contributed by atoms with Crippen LogP contribution in [-0.4, -0.2) is 31.7 Å². The van der Waals surface area contributed by atoms with Crippen molar-refractivity contribution >= 4 is 39.1 Å². The van der Waals surface area contributed by atoms with Gasteiger partial charge in [-0.15, -0.1) is 0 Å². The number of hydrogen-bond acceptors (Lipinski definition) is 3. The lowest BCUT2D eigenvalue weighted by Crippen LogP contribution is -2.28. The molecule has 1 aliphatic heterocycles. The van der Waals surface area contributed by atoms with Crippen molar-refractivity contribution in [1.29, 1.82) is 0 Å². The summed E-state index contributed by atoms with van der Waals surface area (Å²) in [6.07, 6.45) is 2.65. The molecule has 1 amide bonds. The Morgan fingerprint density at radius 2 is 1.71 bits per heavy atom. The van der Waals surface area contributed by atoms with Gasteiger partial charge < -0.3 is 5.32 Å². The van der Waals surface area contributed by atoms with Crippen molar-refractivity contribution < 1.29 is 13.2 Å². The van der Waals surface area contributed by atoms with Crippen molar-refractivity contribution in [3.63, 3.8) is 0 Å². The Morgan fingerprint density at radius 3 is 2.36 bits per heavy atom. The van der Waals surface area contributed by atoms with Gasteiger partial charge in [0.15, 0.2) is 0 Å². The molecule has 5 nitrogen and oxygen atoms in total. The maximum Gasteiger partial charge on any atom is 0.243 e. The highest BCUT2D eigenvalue weighted by Crippen LogP contribution is 2.22. The fraction of sp³-hybridized carbons (Fsp3) is 0.350. The lowest BCUT2D eigenvalue weighted by Gasteiger charge is -2.15. The van der Waals surface area contributed by atoms with E-state index in [0.29, 0.717) is 47.4 Å². The Kier molecular flexibility index (Phi) is 6.99. The Hall–Kier alpha value is -1.60. The van der Waals surface area contributed by atoms with E-state index in [1.54, 1.807) is 36.4 Å². The average molecular weight is 441 g/mol. The van der Waals surface area contributed by atoms with Gasteiger partial charge in [0.1, 0.15) is 0 Å². The molecule has 0 aliphatic carbocycles. The summed E-state index contributed by atoms with van der Waals surface area (Å²) in [5.41, 5.74) is 1.72. The molecule has 3 rings (SSSR count). The van der Waals surface area contributed by atoms with Crippen molar-refractivity contribution in [3.8, 4) is 0 Å². The summed E-state index contributed by atoms with van der Waals surface area (Å²) in [7, 11) is -3.41. The second kappa shape index (κ2) is 9.27. The highest BCUT2D eigenvalue weighted by atomic mass is 35.5. The molecule has 2 aromatic rings. The molecule has 2 aromatic carbocycles. The van der Waals surface area contributed by atoms with Gasteiger partial charge in [-0.1, -0.05) is 41.4 Å². The van der Waals surface area contributed by atoms with Gasteiger partial charge in [0.25, 0.3) is 0 Å². The SMILES string of the molecule is O=C(CCc1ccc(Cl)cc1Cl)NCc1ccc(S(=O)(=O)N2CCCC2)cc1. The fourth-order valence-electron chi connectivity index (χ4n) is 3.12. The molecule has 8 heteroatoms. The Bertz CT molecular complexity index is 940. The summed E-state index contributed by atoms with van der Waals surface area (Å²) in [4.78, 5) is 12.4. The summed E-state index contributed by atoms with van der Waals surface area (Å²) in [5, 5.41) is 3.96. The van der Waals surface area contributed by atoms with Gasteiger partial charge in [0, 0.05) is 36.1 Å². The molecule has 0 bridgehead atoms. The third kappa shape index (κ3) is 5.26. The summed E-state index contributed by atoms with van der Waals surface area (Å²) in [5.74, 6) is -0.0974. The highest BCUT2D eigenvalue weighted by Gasteiger charge is 2.26. The first-order valence-electron chi connectivity index (χ1n) is 9.16. The average Bonchev–Trinajstić information content (AvgIpc) is 3.22. The van der Waals surface area contributed by atoms with Gasteiger partial charge in [-0.3, -0.25) is 4.79 Å². The number of carbonyl (C=O) groups excluding carboxylic acids is 1. The number of benzene rings is 2. The number of halogens is 2. The molecule has 1 N–H and O–H groups in total. The van der Waals surface area contributed by atoms with Crippen LogP contribution in [0, 0.1) is 0 Å². The van der Waals surface area contributed by atoms with E-state index in [9.17, 15) is 13.2 Å². The maximum absolute atomic E-state index is 12.5. The maximum atomic E-state index is 12.5. The van der Waals surface area contributed by atoms with E-state index < -0.39 is 10.0 Å². The van der Waals surface area contributed by atoms with Gasteiger partial charge in [-0.05, 0) is 54.7 Å². The first-order chi connectivity index (χ1) is 13.4. The predicted octanol–water partition coefficient (Wildman–Crippen LogP) is 4.03. The third-order valence-corrected chi connectivity index (χ3v) is 7.25. The zero-order chi connectivity index (χ0) is 20.1. The number of aryl methyl sites for hydroxylation is 1. The first kappa shape index (κ1) is 21.1. The van der Waals surface area contributed by atoms with E-state index >= 15 is 0 Å². The van der Waals surface area contributed by atoms with Crippen molar-refractivity contribution in [2.24, 2.45) is 0 Å². The van der Waals surface area contributed by atoms with Crippen molar-refractivity contribution in [2.45, 2.75) is 37.1 Å². The summed E-state index contributed by atoms with van der Waals surface area (Å²) in [6, 6.07) is 11.9. The number of carbonyl (C=O) groups is 1. The van der Waals surface area contributed by atoms with E-state index in [1.807, 2.05) is 6.07 Å². The molecule has 0 radical (unpaired) electrons. The van der Waals surface area contributed by atoms with Gasteiger partial charge >= 0.3 is 0 Å². The van der Waals surface area contributed by atoms with E-state index in [1.165, 1.54) is 4.31 Å². The van der Waals surface area contributed by atoms with E-state index in [4.69, 9.17) is 23.2 Å². The summed E-state index contributed by atoms with van der Waals surface area (Å²) in [6.45, 7) is 1.51. The number of rotatable bonds is 7. The van der Waals surface area contributed by atoms with E-state index in [0.717, 1.165) is 24.0 Å². The van der Waals surface area contributed by atoms with Crippen LogP contribution in [0.2, 0.25) is 10.0 Å². The van der Waals surface area contributed by atoms with Gasteiger partial charge in [-0.2, -0.15) is 4.31 Å². The van der Waals surface area contributed by atoms with Crippen molar-refractivity contribution in [3.05, 3.63) is 63.6 Å². The topological polar surface area (TPSA) is 66.5 Å². The highest BCUT2D eigenvalue weighted by molar-refractivity contribution is 7.89. The Labute approximate surface area is 175 Å². The smallest absolute Gasteiger partial charge is 0.243 e. The Morgan fingerprint density at radius 1 is 1.04 bits per heavy atom. The van der Waals surface area contributed by atoms with Crippen LogP contribution in [0.25, 0.3) is 0 Å². The third-order valence-electron chi connectivity index (χ3n) is 4.75. The fourth-order valence-corrected chi connectivity index (χ4v) is 5.14. The van der Waals surface area contributed by atoms with Crippen molar-refractivity contribution in [2.75, 3.05) is 13.1 Å². The van der Waals surface area contributed by atoms with Gasteiger partial charge in [-0.25, -0.2) is 8.42 Å². The van der Waals surface area contributed by atoms with Gasteiger partial charge in [0.05, 0.1) is 4.90 Å². The van der Waals surface area contributed by atoms with Crippen LogP contribution >= 0.6 is 23.2 Å². The zero-order valence-corrected chi connectivity index (χ0v) is 17.7. The molecule has 150 valence electrons. The molecule has 0 unspecified atom stereocenters. The lowest BCUT2D eigenvalue weighted by atomic mass is 10.1. The van der Waals surface area contributed by atoms with Crippen molar-refractivity contribution in [1.82, 2.24) is 9.62 Å². The summed E-state index contributed by atoms with van der Waals surface area (Å²) < 4.78 is 26.6. The molecule has 28 heavy (non-hydrogen) atoms. The molecule has 0 saturated carbocycles. The van der Waals surface area contributed by atoms with E-state index in [-0.39, 0.29) is 5.91 Å². The zero-order valence-electron chi connectivity index (χ0n) is 15.3. The molecule has 1 aliphatic rings. The number of nitrogens with zero attached hydrogens (tertiary/aromatic N) is 1. The van der Waals surface area contributed by atoms with Crippen LogP contribution in [0.5, 0.6) is 0 Å². The largest absolute Gasteiger partial charge is 0.352 e. The number of amides is 1. The number of sulfonamides is 1. The molecular weight excluding hydrogens is 419 g/mol. The van der Waals surface area contributed by atoms with E-state index in [2.05, 4.69) is 5.32 Å². The molecule has 1 saturated heterocycles. The minimum atomic E-state index is -3.41. The number of hydrogen-bond donors (Lipinski definition) is 1. The monoisotopic (exact) mass is 440 g/mol.